The number of fused-ring (bicyclic) bond motifs is 9. The van der Waals surface area contributed by atoms with Crippen LogP contribution in [-0.2, 0) is 4.79 Å². The number of hydrogen-bond donors (Lipinski definition) is 1. The molecular formula is C12H14O2S. The summed E-state index contributed by atoms with van der Waals surface area (Å²) >= 11 is 2.08. The molecule has 4 bridgehead atoms. The third-order valence-corrected chi connectivity index (χ3v) is 6.58. The molecule has 2 nitrogen and oxygen atoms in total. The zero-order valence-electron chi connectivity index (χ0n) is 8.37. The van der Waals surface area contributed by atoms with Gasteiger partial charge in [-0.1, -0.05) is 12.2 Å². The van der Waals surface area contributed by atoms with Gasteiger partial charge < -0.3 is 5.11 Å². The first-order valence-corrected chi connectivity index (χ1v) is 6.76. The Hall–Kier alpha value is -0.440. The van der Waals surface area contributed by atoms with Crippen molar-refractivity contribution < 1.29 is 9.90 Å². The van der Waals surface area contributed by atoms with Crippen molar-refractivity contribution in [2.45, 2.75) is 23.3 Å². The molecule has 3 fully saturated rings. The summed E-state index contributed by atoms with van der Waals surface area (Å²) in [6.07, 6.45) is 6.85. The fourth-order valence-corrected chi connectivity index (χ4v) is 6.49. The van der Waals surface area contributed by atoms with E-state index in [-0.39, 0.29) is 5.92 Å². The second-order valence-corrected chi connectivity index (χ2v) is 6.81. The average Bonchev–Trinajstić information content (AvgIpc) is 2.95. The summed E-state index contributed by atoms with van der Waals surface area (Å²) < 4.78 is 0. The molecule has 0 aromatic rings. The second-order valence-electron chi connectivity index (χ2n) is 5.44. The lowest BCUT2D eigenvalue weighted by Crippen LogP contribution is -2.36. The Balaban J connectivity index is 1.71. The van der Waals surface area contributed by atoms with Gasteiger partial charge in [-0.25, -0.2) is 0 Å². The molecule has 2 saturated carbocycles. The van der Waals surface area contributed by atoms with Crippen LogP contribution in [0.3, 0.4) is 0 Å². The Labute approximate surface area is 93.1 Å². The summed E-state index contributed by atoms with van der Waals surface area (Å²) in [5.41, 5.74) is 0. The standard InChI is InChI=1S/C12H14O2S/c13-12(14)7-4-5-3-6(7)11-9-2-1-8(15-9)10(5)11/h1-2,5-11H,3-4H2,(H,13,14). The predicted molar refractivity (Wildman–Crippen MR) is 58.6 cm³/mol. The molecule has 7 atom stereocenters. The first-order valence-electron chi connectivity index (χ1n) is 5.82. The number of carboxylic acids is 1. The Bertz CT molecular complexity index is 365. The van der Waals surface area contributed by atoms with Gasteiger partial charge in [0.1, 0.15) is 0 Å². The highest BCUT2D eigenvalue weighted by atomic mass is 32.2. The summed E-state index contributed by atoms with van der Waals surface area (Å²) in [4.78, 5) is 11.2. The molecule has 80 valence electrons. The van der Waals surface area contributed by atoms with Crippen LogP contribution in [0, 0.1) is 29.6 Å². The summed E-state index contributed by atoms with van der Waals surface area (Å²) in [6.45, 7) is 0. The number of thioether (sulfide) groups is 1. The van der Waals surface area contributed by atoms with Crippen molar-refractivity contribution in [2.24, 2.45) is 29.6 Å². The van der Waals surface area contributed by atoms with Crippen LogP contribution in [0.1, 0.15) is 12.8 Å². The van der Waals surface area contributed by atoms with Crippen LogP contribution in [-0.4, -0.2) is 21.6 Å². The largest absolute Gasteiger partial charge is 0.481 e. The Morgan fingerprint density at radius 1 is 1.20 bits per heavy atom. The SMILES string of the molecule is O=C(O)C1CC2CC1C1C3C=CC(S3)C21. The van der Waals surface area contributed by atoms with Crippen LogP contribution in [0.4, 0.5) is 0 Å². The van der Waals surface area contributed by atoms with Gasteiger partial charge in [-0.2, -0.15) is 0 Å². The number of aliphatic carboxylic acids is 1. The number of carboxylic acid groups (broad SMARTS) is 1. The molecular weight excluding hydrogens is 208 g/mol. The van der Waals surface area contributed by atoms with Crippen LogP contribution >= 0.6 is 11.8 Å². The third-order valence-electron chi connectivity index (χ3n) is 5.01. The Morgan fingerprint density at radius 3 is 2.67 bits per heavy atom. The zero-order chi connectivity index (χ0) is 10.2. The van der Waals surface area contributed by atoms with Crippen LogP contribution in [0.15, 0.2) is 12.2 Å². The minimum atomic E-state index is -0.544. The van der Waals surface area contributed by atoms with Crippen molar-refractivity contribution >= 4 is 17.7 Å². The van der Waals surface area contributed by atoms with Gasteiger partial charge in [0.05, 0.1) is 5.92 Å². The number of rotatable bonds is 1. The molecule has 4 aliphatic rings. The quantitative estimate of drug-likeness (QED) is 0.690. The minimum Gasteiger partial charge on any atom is -0.481 e. The van der Waals surface area contributed by atoms with Crippen molar-refractivity contribution in [3.8, 4) is 0 Å². The molecule has 4 rings (SSSR count). The Kier molecular flexibility index (Phi) is 1.52. The van der Waals surface area contributed by atoms with Gasteiger partial charge >= 0.3 is 5.97 Å². The van der Waals surface area contributed by atoms with E-state index in [1.807, 2.05) is 0 Å². The maximum absolute atomic E-state index is 11.2. The van der Waals surface area contributed by atoms with E-state index in [4.69, 9.17) is 0 Å². The van der Waals surface area contributed by atoms with Crippen LogP contribution in [0.2, 0.25) is 0 Å². The average molecular weight is 222 g/mol. The molecule has 0 aromatic carbocycles. The second kappa shape index (κ2) is 2.62. The van der Waals surface area contributed by atoms with E-state index in [0.29, 0.717) is 23.0 Å². The lowest BCUT2D eigenvalue weighted by molar-refractivity contribution is -0.144. The maximum Gasteiger partial charge on any atom is 0.306 e. The lowest BCUT2D eigenvalue weighted by atomic mass is 9.69. The van der Waals surface area contributed by atoms with E-state index >= 15 is 0 Å². The van der Waals surface area contributed by atoms with Gasteiger partial charge in [0, 0.05) is 10.5 Å². The minimum absolute atomic E-state index is 0.0235. The molecule has 0 spiro atoms. The third kappa shape index (κ3) is 0.913. The molecule has 1 N–H and O–H groups in total. The molecule has 0 radical (unpaired) electrons. The number of hydrogen-bond acceptors (Lipinski definition) is 2. The van der Waals surface area contributed by atoms with E-state index in [1.165, 1.54) is 6.42 Å². The van der Waals surface area contributed by atoms with Crippen molar-refractivity contribution in [3.05, 3.63) is 12.2 Å². The van der Waals surface area contributed by atoms with E-state index in [9.17, 15) is 9.90 Å². The monoisotopic (exact) mass is 222 g/mol. The van der Waals surface area contributed by atoms with Gasteiger partial charge in [-0.3, -0.25) is 4.79 Å². The predicted octanol–water partition coefficient (Wildman–Crippen LogP) is 2.01. The molecule has 0 amide bonds. The highest BCUT2D eigenvalue weighted by molar-refractivity contribution is 8.01. The first kappa shape index (κ1) is 8.68. The fourth-order valence-electron chi connectivity index (χ4n) is 4.61. The molecule has 2 heterocycles. The highest BCUT2D eigenvalue weighted by Gasteiger charge is 2.62. The highest BCUT2D eigenvalue weighted by Crippen LogP contribution is 2.66. The zero-order valence-corrected chi connectivity index (χ0v) is 9.19. The smallest absolute Gasteiger partial charge is 0.306 e. The van der Waals surface area contributed by atoms with Crippen molar-refractivity contribution in [1.82, 2.24) is 0 Å². The molecule has 2 aliphatic carbocycles. The normalized spacial score (nSPS) is 58.8. The Morgan fingerprint density at radius 2 is 1.93 bits per heavy atom. The van der Waals surface area contributed by atoms with Gasteiger partial charge in [0.2, 0.25) is 0 Å². The van der Waals surface area contributed by atoms with Gasteiger partial charge in [-0.05, 0) is 36.5 Å². The van der Waals surface area contributed by atoms with Crippen molar-refractivity contribution in [3.63, 3.8) is 0 Å². The topological polar surface area (TPSA) is 37.3 Å². The lowest BCUT2D eigenvalue weighted by Gasteiger charge is -2.33. The van der Waals surface area contributed by atoms with E-state index in [0.717, 1.165) is 17.6 Å². The van der Waals surface area contributed by atoms with Gasteiger partial charge in [0.25, 0.3) is 0 Å². The summed E-state index contributed by atoms with van der Waals surface area (Å²) in [5, 5.41) is 10.6. The summed E-state index contributed by atoms with van der Waals surface area (Å²) in [5.74, 6) is 2.16. The fraction of sp³-hybridized carbons (Fsp3) is 0.750. The molecule has 3 heteroatoms. The van der Waals surface area contributed by atoms with E-state index in [1.54, 1.807) is 0 Å². The molecule has 7 unspecified atom stereocenters. The maximum atomic E-state index is 11.2. The van der Waals surface area contributed by atoms with Gasteiger partial charge in [-0.15, -0.1) is 11.8 Å². The van der Waals surface area contributed by atoms with E-state index in [2.05, 4.69) is 23.9 Å². The van der Waals surface area contributed by atoms with Crippen LogP contribution in [0.5, 0.6) is 0 Å². The summed E-state index contributed by atoms with van der Waals surface area (Å²) in [7, 11) is 0. The molecule has 0 aromatic heterocycles. The number of carbonyl (C=O) groups is 1. The molecule has 15 heavy (non-hydrogen) atoms. The van der Waals surface area contributed by atoms with Crippen molar-refractivity contribution in [1.29, 1.82) is 0 Å². The van der Waals surface area contributed by atoms with Crippen LogP contribution < -0.4 is 0 Å². The van der Waals surface area contributed by atoms with E-state index < -0.39 is 5.97 Å². The molecule has 2 aliphatic heterocycles. The first-order chi connectivity index (χ1) is 7.25. The molecule has 1 saturated heterocycles. The summed E-state index contributed by atoms with van der Waals surface area (Å²) in [6, 6.07) is 0. The van der Waals surface area contributed by atoms with Gasteiger partial charge in [0.15, 0.2) is 0 Å². The van der Waals surface area contributed by atoms with Crippen LogP contribution in [0.25, 0.3) is 0 Å². The van der Waals surface area contributed by atoms with Crippen molar-refractivity contribution in [2.75, 3.05) is 0 Å².